The number of carboxylic acids is 2. The van der Waals surface area contributed by atoms with E-state index >= 15 is 0 Å². The number of hydrogen-bond donors (Lipinski definition) is 2. The zero-order valence-electron chi connectivity index (χ0n) is 25.9. The molecule has 3 aromatic carbocycles. The molecule has 6 rings (SSSR count). The largest absolute Gasteiger partial charge is 0.489 e. The van der Waals surface area contributed by atoms with Crippen LogP contribution in [0, 0.1) is 0 Å². The van der Waals surface area contributed by atoms with Crippen LogP contribution in [0.2, 0.25) is 5.02 Å². The number of fused-ring (bicyclic) bond motifs is 2. The molecule has 0 amide bonds. The molecular formula is C37H36ClN3O6. The Bertz CT molecular complexity index is 1870. The third-order valence-electron chi connectivity index (χ3n) is 8.59. The first kappa shape index (κ1) is 32.2. The lowest BCUT2D eigenvalue weighted by Crippen LogP contribution is -2.34. The molecule has 0 saturated heterocycles. The molecule has 5 aromatic rings. The number of nitrogens with zero attached hydrogens (tertiary/aromatic N) is 3. The highest BCUT2D eigenvalue weighted by atomic mass is 35.5. The number of benzene rings is 3. The number of aryl methyl sites for hydroxylation is 1. The maximum Gasteiger partial charge on any atom is 0.354 e. The van der Waals surface area contributed by atoms with Crippen molar-refractivity contribution in [1.82, 2.24) is 14.9 Å². The fraction of sp³-hybridized carbons (Fsp3) is 0.297. The molecule has 1 atom stereocenters. The Labute approximate surface area is 277 Å². The van der Waals surface area contributed by atoms with E-state index in [1.54, 1.807) is 18.2 Å². The van der Waals surface area contributed by atoms with Gasteiger partial charge in [-0.1, -0.05) is 48.0 Å². The minimum absolute atomic E-state index is 0.0645. The Balaban J connectivity index is 1.13. The van der Waals surface area contributed by atoms with Gasteiger partial charge in [0.05, 0.1) is 0 Å². The predicted octanol–water partition coefficient (Wildman–Crippen LogP) is 8.00. The molecule has 9 nitrogen and oxygen atoms in total. The molecule has 2 aromatic heterocycles. The van der Waals surface area contributed by atoms with E-state index in [9.17, 15) is 14.7 Å². The number of carbonyl (C=O) groups is 2. The number of aromatic nitrogens is 2. The number of carboxylic acid groups (broad SMARTS) is 2. The lowest BCUT2D eigenvalue weighted by atomic mass is 9.89. The zero-order valence-corrected chi connectivity index (χ0v) is 26.7. The number of aromatic carboxylic acids is 1. The van der Waals surface area contributed by atoms with Gasteiger partial charge in [-0.2, -0.15) is 0 Å². The second kappa shape index (κ2) is 14.8. The van der Waals surface area contributed by atoms with Gasteiger partial charge in [-0.15, -0.1) is 0 Å². The first-order valence-electron chi connectivity index (χ1n) is 15.9. The third kappa shape index (κ3) is 7.99. The van der Waals surface area contributed by atoms with Crippen molar-refractivity contribution < 1.29 is 29.0 Å². The smallest absolute Gasteiger partial charge is 0.354 e. The summed E-state index contributed by atoms with van der Waals surface area (Å²) in [6, 6.07) is 24.9. The molecule has 0 bridgehead atoms. The van der Waals surface area contributed by atoms with Gasteiger partial charge < -0.3 is 19.4 Å². The molecule has 2 heterocycles. The maximum absolute atomic E-state index is 11.5. The molecule has 47 heavy (non-hydrogen) atoms. The molecule has 0 fully saturated rings. The fourth-order valence-corrected chi connectivity index (χ4v) is 6.36. The first-order chi connectivity index (χ1) is 22.8. The van der Waals surface area contributed by atoms with E-state index in [2.05, 4.69) is 20.9 Å². The quantitative estimate of drug-likeness (QED) is 0.115. The Kier molecular flexibility index (Phi) is 10.1. The summed E-state index contributed by atoms with van der Waals surface area (Å²) in [6.45, 7) is 1.87. The van der Waals surface area contributed by atoms with E-state index in [4.69, 9.17) is 25.9 Å². The topological polar surface area (TPSA) is 126 Å². The molecule has 1 aliphatic carbocycles. The van der Waals surface area contributed by atoms with Crippen LogP contribution in [-0.4, -0.2) is 50.1 Å². The standard InChI is InChI=1S/C37H36ClN3O6/c38-27-15-18-34-31(22-27)40-36(47-34)26-13-11-24(12-14-26)23-46-33-9-2-1-6-25(33)19-21-41(20-4-3-10-35(42)43)32-8-5-7-29-28(32)16-17-30(39-29)37(44)45/h1-2,6,9,11-18,22,32H,3-5,7-8,10,19-21,23H2,(H,42,43)(H,44,45). The number of rotatable bonds is 14. The van der Waals surface area contributed by atoms with Gasteiger partial charge in [-0.05, 0) is 104 Å². The van der Waals surface area contributed by atoms with Gasteiger partial charge in [0.25, 0.3) is 0 Å². The number of para-hydroxylation sites is 1. The summed E-state index contributed by atoms with van der Waals surface area (Å²) in [7, 11) is 0. The van der Waals surface area contributed by atoms with Crippen molar-refractivity contribution in [2.24, 2.45) is 0 Å². The average Bonchev–Trinajstić information content (AvgIpc) is 3.50. The first-order valence-corrected chi connectivity index (χ1v) is 16.3. The van der Waals surface area contributed by atoms with Gasteiger partial charge in [0.2, 0.25) is 5.89 Å². The normalized spacial score (nSPS) is 14.3. The summed E-state index contributed by atoms with van der Waals surface area (Å²) in [5.41, 5.74) is 6.32. The van der Waals surface area contributed by atoms with Crippen LogP contribution in [0.4, 0.5) is 0 Å². The van der Waals surface area contributed by atoms with Crippen LogP contribution < -0.4 is 4.74 Å². The predicted molar refractivity (Wildman–Crippen MR) is 179 cm³/mol. The third-order valence-corrected chi connectivity index (χ3v) is 8.83. The van der Waals surface area contributed by atoms with E-state index in [1.807, 2.05) is 54.6 Å². The minimum Gasteiger partial charge on any atom is -0.489 e. The summed E-state index contributed by atoms with van der Waals surface area (Å²) in [5, 5.41) is 19.2. The van der Waals surface area contributed by atoms with E-state index in [1.165, 1.54) is 0 Å². The van der Waals surface area contributed by atoms with E-state index < -0.39 is 11.9 Å². The Morgan fingerprint density at radius 1 is 0.957 bits per heavy atom. The van der Waals surface area contributed by atoms with Crippen molar-refractivity contribution in [3.8, 4) is 17.2 Å². The van der Waals surface area contributed by atoms with Gasteiger partial charge in [0.15, 0.2) is 5.58 Å². The van der Waals surface area contributed by atoms with Gasteiger partial charge >= 0.3 is 11.9 Å². The van der Waals surface area contributed by atoms with Gasteiger partial charge in [0.1, 0.15) is 23.6 Å². The summed E-state index contributed by atoms with van der Waals surface area (Å²) in [6.07, 6.45) is 4.83. The van der Waals surface area contributed by atoms with Gasteiger partial charge in [-0.3, -0.25) is 9.69 Å². The highest BCUT2D eigenvalue weighted by molar-refractivity contribution is 6.31. The Hall–Kier alpha value is -4.73. The van der Waals surface area contributed by atoms with Crippen LogP contribution in [0.25, 0.3) is 22.6 Å². The second-order valence-electron chi connectivity index (χ2n) is 11.8. The number of halogens is 1. The number of unbranched alkanes of at least 4 members (excludes halogenated alkanes) is 1. The fourth-order valence-electron chi connectivity index (χ4n) is 6.19. The van der Waals surface area contributed by atoms with Crippen LogP contribution in [-0.2, 0) is 24.2 Å². The highest BCUT2D eigenvalue weighted by Gasteiger charge is 2.27. The summed E-state index contributed by atoms with van der Waals surface area (Å²) in [4.78, 5) is 34.1. The minimum atomic E-state index is -1.03. The molecule has 1 unspecified atom stereocenters. The lowest BCUT2D eigenvalue weighted by molar-refractivity contribution is -0.137. The molecule has 2 N–H and O–H groups in total. The second-order valence-corrected chi connectivity index (χ2v) is 12.2. The molecule has 10 heteroatoms. The van der Waals surface area contributed by atoms with Crippen molar-refractivity contribution in [1.29, 1.82) is 0 Å². The number of hydrogen-bond acceptors (Lipinski definition) is 7. The van der Waals surface area contributed by atoms with Crippen molar-refractivity contribution in [2.75, 3.05) is 13.1 Å². The highest BCUT2D eigenvalue weighted by Crippen LogP contribution is 2.35. The lowest BCUT2D eigenvalue weighted by Gasteiger charge is -2.36. The maximum atomic E-state index is 11.5. The Morgan fingerprint density at radius 2 is 1.79 bits per heavy atom. The molecule has 1 aliphatic rings. The molecule has 0 saturated carbocycles. The number of aliphatic carboxylic acids is 1. The molecular weight excluding hydrogens is 618 g/mol. The molecule has 0 radical (unpaired) electrons. The van der Waals surface area contributed by atoms with Gasteiger partial charge in [0, 0.05) is 35.3 Å². The number of pyridine rings is 1. The SMILES string of the molecule is O=C(O)CCCCN(CCc1ccccc1OCc1ccc(-c2nc3cc(Cl)ccc3o2)cc1)C1CCCc2nc(C(=O)O)ccc21. The monoisotopic (exact) mass is 653 g/mol. The van der Waals surface area contributed by atoms with Crippen molar-refractivity contribution in [3.63, 3.8) is 0 Å². The number of oxazole rings is 1. The van der Waals surface area contributed by atoms with Crippen molar-refractivity contribution >= 4 is 34.6 Å². The van der Waals surface area contributed by atoms with Crippen molar-refractivity contribution in [3.05, 3.63) is 112 Å². The summed E-state index contributed by atoms with van der Waals surface area (Å²) >= 11 is 6.09. The van der Waals surface area contributed by atoms with Crippen LogP contribution >= 0.6 is 11.6 Å². The molecule has 0 spiro atoms. The van der Waals surface area contributed by atoms with E-state index in [0.717, 1.165) is 78.9 Å². The van der Waals surface area contributed by atoms with Crippen molar-refractivity contribution in [2.45, 2.75) is 57.6 Å². The van der Waals surface area contributed by atoms with E-state index in [0.29, 0.717) is 35.0 Å². The van der Waals surface area contributed by atoms with Crippen LogP contribution in [0.3, 0.4) is 0 Å². The van der Waals surface area contributed by atoms with Crippen LogP contribution in [0.15, 0.2) is 83.3 Å². The molecule has 0 aliphatic heterocycles. The van der Waals surface area contributed by atoms with Crippen LogP contribution in [0.1, 0.15) is 71.0 Å². The zero-order chi connectivity index (χ0) is 32.8. The number of ether oxygens (including phenoxy) is 1. The average molecular weight is 654 g/mol. The Morgan fingerprint density at radius 3 is 2.60 bits per heavy atom. The van der Waals surface area contributed by atoms with Crippen LogP contribution in [0.5, 0.6) is 5.75 Å². The van der Waals surface area contributed by atoms with E-state index in [-0.39, 0.29) is 18.2 Å². The summed E-state index contributed by atoms with van der Waals surface area (Å²) < 4.78 is 12.2. The summed E-state index contributed by atoms with van der Waals surface area (Å²) in [5.74, 6) is -0.467. The van der Waals surface area contributed by atoms with Gasteiger partial charge in [-0.25, -0.2) is 14.8 Å². The molecule has 242 valence electrons.